The number of benzene rings is 1. The van der Waals surface area contributed by atoms with Gasteiger partial charge < -0.3 is 11.1 Å². The van der Waals surface area contributed by atoms with Gasteiger partial charge in [0.05, 0.1) is 6.54 Å². The highest BCUT2D eigenvalue weighted by molar-refractivity contribution is 5.77. The van der Waals surface area contributed by atoms with Crippen LogP contribution in [-0.2, 0) is 5.41 Å². The zero-order valence-corrected chi connectivity index (χ0v) is 11.4. The molecule has 1 fully saturated rings. The maximum atomic E-state index is 5.85. The van der Waals surface area contributed by atoms with Crippen molar-refractivity contribution in [2.45, 2.75) is 38.5 Å². The third kappa shape index (κ3) is 2.84. The van der Waals surface area contributed by atoms with Crippen LogP contribution in [0.3, 0.4) is 0 Å². The molecule has 0 aromatic heterocycles. The number of rotatable bonds is 5. The van der Waals surface area contributed by atoms with Gasteiger partial charge in [0.2, 0.25) is 0 Å². The first-order valence-electron chi connectivity index (χ1n) is 6.78. The number of guanidine groups is 1. The van der Waals surface area contributed by atoms with Crippen molar-refractivity contribution >= 4 is 5.96 Å². The van der Waals surface area contributed by atoms with Gasteiger partial charge in [-0.1, -0.05) is 31.2 Å². The zero-order chi connectivity index (χ0) is 13.0. The molecule has 0 spiro atoms. The molecule has 98 valence electrons. The van der Waals surface area contributed by atoms with Crippen LogP contribution in [0.5, 0.6) is 0 Å². The van der Waals surface area contributed by atoms with Gasteiger partial charge in [0.15, 0.2) is 5.96 Å². The summed E-state index contributed by atoms with van der Waals surface area (Å²) < 4.78 is 0. The number of nitrogens with one attached hydrogen (secondary N) is 1. The molecule has 0 amide bonds. The number of hydrogen-bond acceptors (Lipinski definition) is 1. The van der Waals surface area contributed by atoms with Crippen molar-refractivity contribution in [1.29, 1.82) is 0 Å². The van der Waals surface area contributed by atoms with Crippen molar-refractivity contribution in [3.8, 4) is 0 Å². The van der Waals surface area contributed by atoms with Gasteiger partial charge in [-0.15, -0.1) is 0 Å². The lowest BCUT2D eigenvalue weighted by Crippen LogP contribution is -2.33. The van der Waals surface area contributed by atoms with Gasteiger partial charge in [-0.3, -0.25) is 4.99 Å². The minimum atomic E-state index is 0.254. The standard InChI is InChI=1S/C15H23N3/c1-3-10-17-14(16)18-11-15(8-9-15)13-7-5-4-6-12(13)2/h4-7H,3,8-11H2,1-2H3,(H3,16,17,18). The van der Waals surface area contributed by atoms with Crippen LogP contribution in [-0.4, -0.2) is 19.0 Å². The molecule has 0 heterocycles. The summed E-state index contributed by atoms with van der Waals surface area (Å²) in [4.78, 5) is 4.50. The minimum absolute atomic E-state index is 0.254. The van der Waals surface area contributed by atoms with Gasteiger partial charge in [0, 0.05) is 12.0 Å². The first-order valence-corrected chi connectivity index (χ1v) is 6.78. The van der Waals surface area contributed by atoms with Crippen LogP contribution in [0.1, 0.15) is 37.3 Å². The smallest absolute Gasteiger partial charge is 0.188 e. The van der Waals surface area contributed by atoms with Crippen LogP contribution < -0.4 is 11.1 Å². The van der Waals surface area contributed by atoms with Crippen molar-refractivity contribution in [2.24, 2.45) is 10.7 Å². The molecule has 2 rings (SSSR count). The SMILES string of the molecule is CCCNC(N)=NCC1(c2ccccc2C)CC1. The second-order valence-electron chi connectivity index (χ2n) is 5.22. The maximum absolute atomic E-state index is 5.85. The highest BCUT2D eigenvalue weighted by Crippen LogP contribution is 2.49. The minimum Gasteiger partial charge on any atom is -0.370 e. The van der Waals surface area contributed by atoms with E-state index in [4.69, 9.17) is 5.73 Å². The first kappa shape index (κ1) is 12.9. The number of nitrogens with two attached hydrogens (primary N) is 1. The third-order valence-corrected chi connectivity index (χ3v) is 3.68. The predicted octanol–water partition coefficient (Wildman–Crippen LogP) is 2.34. The molecule has 3 heteroatoms. The summed E-state index contributed by atoms with van der Waals surface area (Å²) >= 11 is 0. The third-order valence-electron chi connectivity index (χ3n) is 3.68. The van der Waals surface area contributed by atoms with Gasteiger partial charge in [-0.2, -0.15) is 0 Å². The normalized spacial score (nSPS) is 17.6. The fourth-order valence-electron chi connectivity index (χ4n) is 2.38. The van der Waals surface area contributed by atoms with Crippen LogP contribution >= 0.6 is 0 Å². The number of aryl methyl sites for hydroxylation is 1. The molecule has 0 radical (unpaired) electrons. The van der Waals surface area contributed by atoms with Crippen molar-refractivity contribution in [1.82, 2.24) is 5.32 Å². The Balaban J connectivity index is 2.03. The molecule has 18 heavy (non-hydrogen) atoms. The summed E-state index contributed by atoms with van der Waals surface area (Å²) in [6, 6.07) is 8.62. The van der Waals surface area contributed by atoms with Crippen molar-refractivity contribution in [3.05, 3.63) is 35.4 Å². The largest absolute Gasteiger partial charge is 0.370 e. The highest BCUT2D eigenvalue weighted by Gasteiger charge is 2.44. The number of nitrogens with zero attached hydrogens (tertiary/aromatic N) is 1. The van der Waals surface area contributed by atoms with Crippen LogP contribution in [0, 0.1) is 6.92 Å². The van der Waals surface area contributed by atoms with E-state index in [2.05, 4.69) is 48.4 Å². The fraction of sp³-hybridized carbons (Fsp3) is 0.533. The topological polar surface area (TPSA) is 50.4 Å². The summed E-state index contributed by atoms with van der Waals surface area (Å²) in [5.74, 6) is 0.580. The summed E-state index contributed by atoms with van der Waals surface area (Å²) in [6.07, 6.45) is 3.52. The van der Waals surface area contributed by atoms with Gasteiger partial charge in [0.1, 0.15) is 0 Å². The average molecular weight is 245 g/mol. The van der Waals surface area contributed by atoms with Crippen molar-refractivity contribution in [2.75, 3.05) is 13.1 Å². The van der Waals surface area contributed by atoms with E-state index < -0.39 is 0 Å². The van der Waals surface area contributed by atoms with E-state index in [0.717, 1.165) is 19.5 Å². The van der Waals surface area contributed by atoms with E-state index in [9.17, 15) is 0 Å². The molecule has 1 aliphatic carbocycles. The Labute approximate surface area is 109 Å². The molecule has 1 aromatic rings. The summed E-state index contributed by atoms with van der Waals surface area (Å²) in [7, 11) is 0. The molecule has 0 aliphatic heterocycles. The number of hydrogen-bond donors (Lipinski definition) is 2. The zero-order valence-electron chi connectivity index (χ0n) is 11.4. The lowest BCUT2D eigenvalue weighted by atomic mass is 9.92. The molecule has 0 saturated heterocycles. The van der Waals surface area contributed by atoms with Crippen LogP contribution in [0.15, 0.2) is 29.3 Å². The van der Waals surface area contributed by atoms with E-state index in [1.165, 1.54) is 24.0 Å². The average Bonchev–Trinajstić information content (AvgIpc) is 3.15. The molecule has 0 atom stereocenters. The maximum Gasteiger partial charge on any atom is 0.188 e. The van der Waals surface area contributed by atoms with E-state index in [1.807, 2.05) is 0 Å². The Morgan fingerprint density at radius 1 is 1.39 bits per heavy atom. The van der Waals surface area contributed by atoms with Gasteiger partial charge >= 0.3 is 0 Å². The summed E-state index contributed by atoms with van der Waals surface area (Å²) in [5, 5.41) is 3.13. The molecular weight excluding hydrogens is 222 g/mol. The van der Waals surface area contributed by atoms with E-state index in [-0.39, 0.29) is 5.41 Å². The molecule has 0 unspecified atom stereocenters. The molecule has 1 aromatic carbocycles. The Morgan fingerprint density at radius 3 is 2.72 bits per heavy atom. The quantitative estimate of drug-likeness (QED) is 0.618. The first-order chi connectivity index (χ1) is 8.68. The van der Waals surface area contributed by atoms with E-state index in [1.54, 1.807) is 0 Å². The monoisotopic (exact) mass is 245 g/mol. The second kappa shape index (κ2) is 5.42. The molecular formula is C15H23N3. The van der Waals surface area contributed by atoms with Gasteiger partial charge in [-0.05, 0) is 37.3 Å². The molecule has 3 nitrogen and oxygen atoms in total. The van der Waals surface area contributed by atoms with Gasteiger partial charge in [0.25, 0.3) is 0 Å². The summed E-state index contributed by atoms with van der Waals surface area (Å²) in [6.45, 7) is 6.00. The van der Waals surface area contributed by atoms with Gasteiger partial charge in [-0.25, -0.2) is 0 Å². The highest BCUT2D eigenvalue weighted by atomic mass is 15.1. The Kier molecular flexibility index (Phi) is 3.90. The predicted molar refractivity (Wildman–Crippen MR) is 76.9 cm³/mol. The fourth-order valence-corrected chi connectivity index (χ4v) is 2.38. The Morgan fingerprint density at radius 2 is 2.11 bits per heavy atom. The van der Waals surface area contributed by atoms with E-state index >= 15 is 0 Å². The molecule has 1 aliphatic rings. The Hall–Kier alpha value is -1.51. The van der Waals surface area contributed by atoms with E-state index in [0.29, 0.717) is 5.96 Å². The van der Waals surface area contributed by atoms with Crippen LogP contribution in [0.2, 0.25) is 0 Å². The molecule has 3 N–H and O–H groups in total. The second-order valence-corrected chi connectivity index (χ2v) is 5.22. The lowest BCUT2D eigenvalue weighted by Gasteiger charge is -2.16. The van der Waals surface area contributed by atoms with Crippen molar-refractivity contribution in [3.63, 3.8) is 0 Å². The molecule has 1 saturated carbocycles. The number of aliphatic imine (C=N–C) groups is 1. The molecule has 0 bridgehead atoms. The van der Waals surface area contributed by atoms with Crippen LogP contribution in [0.4, 0.5) is 0 Å². The van der Waals surface area contributed by atoms with Crippen molar-refractivity contribution < 1.29 is 0 Å². The van der Waals surface area contributed by atoms with Crippen LogP contribution in [0.25, 0.3) is 0 Å². The Bertz CT molecular complexity index is 433. The summed E-state index contributed by atoms with van der Waals surface area (Å²) in [5.41, 5.74) is 8.91. The lowest BCUT2D eigenvalue weighted by molar-refractivity contribution is 0.694.